The molecule has 0 spiro atoms. The van der Waals surface area contributed by atoms with Crippen LogP contribution < -0.4 is 16.0 Å². The predicted molar refractivity (Wildman–Crippen MR) is 232 cm³/mol. The minimum Gasteiger partial charge on any atom is -0.444 e. The molecule has 4 aromatic rings. The number of aromatic nitrogens is 2. The largest absolute Gasteiger partial charge is 0.444 e. The lowest BCUT2D eigenvalue weighted by Crippen LogP contribution is -2.52. The highest BCUT2D eigenvalue weighted by molar-refractivity contribution is 6.39. The van der Waals surface area contributed by atoms with E-state index in [1.807, 2.05) is 62.1 Å². The number of halogens is 4. The van der Waals surface area contributed by atoms with E-state index in [-0.39, 0.29) is 18.2 Å². The second-order valence-electron chi connectivity index (χ2n) is 18.5. The van der Waals surface area contributed by atoms with E-state index in [2.05, 4.69) is 26.3 Å². The Hall–Kier alpha value is -2.83. The van der Waals surface area contributed by atoms with Crippen LogP contribution >= 0.6 is 46.4 Å². The zero-order valence-electron chi connectivity index (χ0n) is 34.0. The first-order valence-corrected chi connectivity index (χ1v) is 23.0. The van der Waals surface area contributed by atoms with Crippen LogP contribution in [0, 0.1) is 0 Å². The number of nitrogens with zero attached hydrogens (tertiary/aromatic N) is 3. The third-order valence-corrected chi connectivity index (χ3v) is 14.1. The van der Waals surface area contributed by atoms with E-state index in [0.717, 1.165) is 90.2 Å². The second kappa shape index (κ2) is 17.1. The van der Waals surface area contributed by atoms with Gasteiger partial charge in [0.25, 0.3) is 0 Å². The lowest BCUT2D eigenvalue weighted by atomic mass is 9.96. The Morgan fingerprint density at radius 1 is 0.695 bits per heavy atom. The first kappa shape index (κ1) is 41.5. The number of carbonyl (C=O) groups excluding carboxylic acids is 1. The predicted octanol–water partition coefficient (Wildman–Crippen LogP) is 11.4. The molecule has 0 radical (unpaired) electrons. The molecule has 4 unspecified atom stereocenters. The Labute approximate surface area is 366 Å². The quantitative estimate of drug-likeness (QED) is 0.143. The van der Waals surface area contributed by atoms with Crippen LogP contribution in [0.1, 0.15) is 132 Å². The third-order valence-electron chi connectivity index (χ3n) is 12.9. The fourth-order valence-electron chi connectivity index (χ4n) is 9.83. The van der Waals surface area contributed by atoms with Crippen LogP contribution in [-0.4, -0.2) is 63.2 Å². The van der Waals surface area contributed by atoms with Crippen LogP contribution in [0.5, 0.6) is 0 Å². The van der Waals surface area contributed by atoms with Gasteiger partial charge < -0.3 is 34.6 Å². The summed E-state index contributed by atoms with van der Waals surface area (Å²) >= 11 is 25.9. The third kappa shape index (κ3) is 9.20. The molecule has 10 rings (SSSR count). The maximum absolute atomic E-state index is 12.8. The van der Waals surface area contributed by atoms with Crippen LogP contribution in [0.2, 0.25) is 20.1 Å². The van der Waals surface area contributed by atoms with E-state index in [1.165, 1.54) is 38.5 Å². The molecule has 316 valence electrons. The van der Waals surface area contributed by atoms with Gasteiger partial charge in [-0.25, -0.2) is 4.79 Å². The van der Waals surface area contributed by atoms with Crippen LogP contribution in [-0.2, 0) is 17.8 Å². The number of ether oxygens (including phenoxy) is 1. The SMILES string of the molecule is CC(C)(C)OC(=O)N1C2CCC1CC(NCc1c(-c3c(Cl)cccc3Cl)noc1C1CC1)C2.Clc1cccc(Cl)c1-c1noc(C2CC2)c1CNC1CC2CCC(C1)N2. The molecule has 2 aromatic carbocycles. The molecule has 2 aliphatic carbocycles. The molecule has 6 heterocycles. The standard InChI is InChI=1S/C25H31Cl2N3O3.C20H23Cl2N3O/c1-25(2,3)32-24(31)30-16-9-10-17(30)12-15(11-16)28-13-18-22(29-33-23(18)14-7-8-14)21-19(26)5-4-6-20(21)27;21-16-2-1-3-17(22)18(16)19-15(20(26-25-19)11-4-5-11)10-23-14-8-12-6-7-13(9-14)24-12/h4-6,14-17,28H,7-13H2,1-3H3;1-3,11-14,23-24H,4-10H2. The number of benzene rings is 2. The van der Waals surface area contributed by atoms with Gasteiger partial charge >= 0.3 is 6.09 Å². The Bertz CT molecular complexity index is 2090. The van der Waals surface area contributed by atoms with Crippen molar-refractivity contribution >= 4 is 52.5 Å². The average molecular weight is 885 g/mol. The molecule has 4 aliphatic heterocycles. The Morgan fingerprint density at radius 2 is 1.12 bits per heavy atom. The molecule has 3 N–H and O–H groups in total. The van der Waals surface area contributed by atoms with Crippen molar-refractivity contribution in [1.82, 2.24) is 31.2 Å². The van der Waals surface area contributed by atoms with E-state index in [0.29, 0.717) is 62.6 Å². The van der Waals surface area contributed by atoms with Gasteiger partial charge in [0.05, 0.1) is 20.1 Å². The number of rotatable bonds is 10. The number of piperidine rings is 2. The van der Waals surface area contributed by atoms with Crippen molar-refractivity contribution in [3.63, 3.8) is 0 Å². The van der Waals surface area contributed by atoms with Crippen LogP contribution in [0.15, 0.2) is 45.4 Å². The number of fused-ring (bicyclic) bond motifs is 4. The minimum atomic E-state index is -0.477. The lowest BCUT2D eigenvalue weighted by molar-refractivity contribution is 0.00465. The maximum Gasteiger partial charge on any atom is 0.410 e. The molecule has 2 aromatic heterocycles. The van der Waals surface area contributed by atoms with Gasteiger partial charge in [-0.1, -0.05) is 68.8 Å². The fourth-order valence-corrected chi connectivity index (χ4v) is 11.0. The molecule has 4 bridgehead atoms. The van der Waals surface area contributed by atoms with E-state index < -0.39 is 5.60 Å². The summed E-state index contributed by atoms with van der Waals surface area (Å²) in [5.74, 6) is 2.89. The summed E-state index contributed by atoms with van der Waals surface area (Å²) in [5, 5.41) is 22.4. The van der Waals surface area contributed by atoms with Crippen molar-refractivity contribution in [2.45, 2.75) is 165 Å². The van der Waals surface area contributed by atoms with Gasteiger partial charge in [-0.05, 0) is 122 Å². The number of hydrogen-bond acceptors (Lipinski definition) is 9. The van der Waals surface area contributed by atoms with Gasteiger partial charge in [0.15, 0.2) is 0 Å². The normalized spacial score (nSPS) is 26.2. The van der Waals surface area contributed by atoms with E-state index >= 15 is 0 Å². The zero-order chi connectivity index (χ0) is 41.0. The van der Waals surface area contributed by atoms with Gasteiger partial charge in [0.1, 0.15) is 28.5 Å². The molecule has 14 heteroatoms. The van der Waals surface area contributed by atoms with Gasteiger partial charge in [0.2, 0.25) is 0 Å². The molecule has 1 amide bonds. The summed E-state index contributed by atoms with van der Waals surface area (Å²) in [6, 6.07) is 13.7. The second-order valence-corrected chi connectivity index (χ2v) is 20.1. The summed E-state index contributed by atoms with van der Waals surface area (Å²) in [7, 11) is 0. The van der Waals surface area contributed by atoms with Crippen LogP contribution in [0.4, 0.5) is 4.79 Å². The monoisotopic (exact) mass is 882 g/mol. The fraction of sp³-hybridized carbons (Fsp3) is 0.578. The molecular formula is C45H54Cl4N6O4. The van der Waals surface area contributed by atoms with Crippen LogP contribution in [0.3, 0.4) is 0 Å². The molecule has 4 saturated heterocycles. The summed E-state index contributed by atoms with van der Waals surface area (Å²) in [6.07, 6.45) is 13.3. The Balaban J connectivity index is 0.000000156. The van der Waals surface area contributed by atoms with Gasteiger partial charge in [-0.3, -0.25) is 0 Å². The lowest BCUT2D eigenvalue weighted by Gasteiger charge is -2.39. The molecule has 59 heavy (non-hydrogen) atoms. The summed E-state index contributed by atoms with van der Waals surface area (Å²) in [4.78, 5) is 14.7. The first-order chi connectivity index (χ1) is 28.4. The van der Waals surface area contributed by atoms with Gasteiger partial charge in [-0.15, -0.1) is 0 Å². The van der Waals surface area contributed by atoms with Crippen molar-refractivity contribution in [2.24, 2.45) is 0 Å². The molecule has 6 aliphatic rings. The molecule has 6 fully saturated rings. The minimum absolute atomic E-state index is 0.181. The van der Waals surface area contributed by atoms with E-state index in [1.54, 1.807) is 0 Å². The van der Waals surface area contributed by atoms with Crippen LogP contribution in [0.25, 0.3) is 22.5 Å². The highest BCUT2D eigenvalue weighted by Crippen LogP contribution is 2.48. The van der Waals surface area contributed by atoms with Crippen molar-refractivity contribution in [2.75, 3.05) is 0 Å². The Morgan fingerprint density at radius 3 is 1.53 bits per heavy atom. The highest BCUT2D eigenvalue weighted by atomic mass is 35.5. The van der Waals surface area contributed by atoms with Crippen molar-refractivity contribution < 1.29 is 18.6 Å². The summed E-state index contributed by atoms with van der Waals surface area (Å²) in [6.45, 7) is 7.15. The molecule has 4 atom stereocenters. The van der Waals surface area contributed by atoms with Crippen molar-refractivity contribution in [3.8, 4) is 22.5 Å². The molecular weight excluding hydrogens is 830 g/mol. The summed E-state index contributed by atoms with van der Waals surface area (Å²) < 4.78 is 17.2. The number of hydrogen-bond donors (Lipinski definition) is 3. The average Bonchev–Trinajstić information content (AvgIpc) is 4.08. The number of amides is 1. The molecule has 2 saturated carbocycles. The van der Waals surface area contributed by atoms with Gasteiger partial charge in [0, 0.05) is 83.4 Å². The topological polar surface area (TPSA) is 118 Å². The van der Waals surface area contributed by atoms with E-state index in [4.69, 9.17) is 60.2 Å². The Kier molecular flexibility index (Phi) is 12.1. The van der Waals surface area contributed by atoms with Gasteiger partial charge in [-0.2, -0.15) is 0 Å². The molecule has 10 nitrogen and oxygen atoms in total. The number of nitrogens with one attached hydrogen (secondary N) is 3. The number of carbonyl (C=O) groups is 1. The smallest absolute Gasteiger partial charge is 0.410 e. The first-order valence-electron chi connectivity index (χ1n) is 21.5. The maximum atomic E-state index is 12.8. The van der Waals surface area contributed by atoms with E-state index in [9.17, 15) is 4.79 Å². The van der Waals surface area contributed by atoms with Crippen molar-refractivity contribution in [3.05, 3.63) is 79.1 Å². The highest BCUT2D eigenvalue weighted by Gasteiger charge is 2.45. The summed E-state index contributed by atoms with van der Waals surface area (Å²) in [5.41, 5.74) is 4.75. The zero-order valence-corrected chi connectivity index (χ0v) is 37.0. The van der Waals surface area contributed by atoms with Crippen molar-refractivity contribution in [1.29, 1.82) is 0 Å².